The summed E-state index contributed by atoms with van der Waals surface area (Å²) in [5.74, 6) is -1.31. The summed E-state index contributed by atoms with van der Waals surface area (Å²) in [6.45, 7) is 4.41. The van der Waals surface area contributed by atoms with E-state index in [1.165, 1.54) is 6.92 Å². The molecule has 8 heteroatoms. The lowest BCUT2D eigenvalue weighted by atomic mass is 9.97. The van der Waals surface area contributed by atoms with Crippen molar-refractivity contribution in [2.24, 2.45) is 0 Å². The second-order valence-electron chi connectivity index (χ2n) is 7.34. The van der Waals surface area contributed by atoms with Crippen LogP contribution in [0.2, 0.25) is 0 Å². The van der Waals surface area contributed by atoms with E-state index in [-0.39, 0.29) is 17.2 Å². The maximum absolute atomic E-state index is 13.2. The van der Waals surface area contributed by atoms with Crippen LogP contribution < -0.4 is 4.74 Å². The summed E-state index contributed by atoms with van der Waals surface area (Å²) in [4.78, 5) is 25.6. The Morgan fingerprint density at radius 2 is 1.77 bits per heavy atom. The first-order valence-corrected chi connectivity index (χ1v) is 9.59. The highest BCUT2D eigenvalue weighted by molar-refractivity contribution is 5.96. The number of hydrogen-bond acceptors (Lipinski definition) is 3. The van der Waals surface area contributed by atoms with Crippen molar-refractivity contribution in [2.75, 3.05) is 13.1 Å². The number of hydrogen-bond donors (Lipinski definition) is 1. The normalized spacial score (nSPS) is 15.2. The number of carboxylic acids is 1. The van der Waals surface area contributed by atoms with Gasteiger partial charge in [0.15, 0.2) is 6.10 Å². The molecule has 0 bridgehead atoms. The Labute approximate surface area is 172 Å². The number of likely N-dealkylation sites (tertiary alicyclic amines) is 1. The molecule has 1 saturated heterocycles. The van der Waals surface area contributed by atoms with Gasteiger partial charge in [-0.3, -0.25) is 4.79 Å². The second-order valence-corrected chi connectivity index (χ2v) is 7.34. The van der Waals surface area contributed by atoms with Crippen LogP contribution in [0.25, 0.3) is 11.1 Å². The predicted octanol–water partition coefficient (Wildman–Crippen LogP) is 4.77. The summed E-state index contributed by atoms with van der Waals surface area (Å²) in [5, 5.41) is 9.09. The Bertz CT molecular complexity index is 965. The minimum absolute atomic E-state index is 0.0240. The van der Waals surface area contributed by atoms with Crippen molar-refractivity contribution in [1.82, 2.24) is 4.90 Å². The first-order valence-electron chi connectivity index (χ1n) is 9.59. The molecule has 2 aromatic rings. The number of ether oxygens (including phenoxy) is 1. The molecule has 0 saturated carbocycles. The molecule has 1 amide bonds. The minimum Gasteiger partial charge on any atom is -0.479 e. The Balaban J connectivity index is 2.02. The molecule has 1 aliphatic rings. The molecule has 1 atom stereocenters. The Morgan fingerprint density at radius 1 is 1.10 bits per heavy atom. The molecular weight excluding hydrogens is 399 g/mol. The quantitative estimate of drug-likeness (QED) is 0.755. The zero-order valence-corrected chi connectivity index (χ0v) is 16.6. The van der Waals surface area contributed by atoms with Gasteiger partial charge < -0.3 is 14.7 Å². The number of nitrogens with zero attached hydrogens (tertiary/aromatic N) is 1. The fourth-order valence-corrected chi connectivity index (χ4v) is 3.44. The van der Waals surface area contributed by atoms with E-state index in [9.17, 15) is 22.8 Å². The summed E-state index contributed by atoms with van der Waals surface area (Å²) in [6.07, 6.45) is -3.89. The molecule has 5 nitrogen and oxygen atoms in total. The number of benzene rings is 2. The van der Waals surface area contributed by atoms with E-state index in [2.05, 4.69) is 0 Å². The maximum atomic E-state index is 13.2. The van der Waals surface area contributed by atoms with Crippen molar-refractivity contribution in [1.29, 1.82) is 0 Å². The van der Waals surface area contributed by atoms with Gasteiger partial charge in [0.05, 0.1) is 5.56 Å². The van der Waals surface area contributed by atoms with Crippen LogP contribution in [0.15, 0.2) is 36.4 Å². The molecule has 0 spiro atoms. The maximum Gasteiger partial charge on any atom is 0.416 e. The van der Waals surface area contributed by atoms with Gasteiger partial charge in [0.2, 0.25) is 0 Å². The summed E-state index contributed by atoms with van der Waals surface area (Å²) >= 11 is 0. The molecule has 30 heavy (non-hydrogen) atoms. The van der Waals surface area contributed by atoms with Crippen LogP contribution in [-0.4, -0.2) is 41.1 Å². The van der Waals surface area contributed by atoms with E-state index in [1.807, 2.05) is 0 Å². The average Bonchev–Trinajstić information content (AvgIpc) is 3.21. The molecular formula is C22H22F3NO4. The van der Waals surface area contributed by atoms with Crippen LogP contribution in [0.3, 0.4) is 0 Å². The summed E-state index contributed by atoms with van der Waals surface area (Å²) in [7, 11) is 0. The third kappa shape index (κ3) is 4.58. The molecule has 3 rings (SSSR count). The number of halogens is 3. The molecule has 1 N–H and O–H groups in total. The largest absolute Gasteiger partial charge is 0.479 e. The van der Waals surface area contributed by atoms with Crippen molar-refractivity contribution >= 4 is 11.9 Å². The van der Waals surface area contributed by atoms with Gasteiger partial charge >= 0.3 is 12.1 Å². The standard InChI is InChI=1S/C22H22F3NO4/c1-13-11-15(5-7-17(13)20(27)26-9-3-4-10-26)18-12-16(22(23,24)25)6-8-19(18)30-14(2)21(28)29/h5-8,11-12,14H,3-4,9-10H2,1-2H3,(H,28,29)/t14-/m0/s1. The third-order valence-electron chi connectivity index (χ3n) is 5.12. The van der Waals surface area contributed by atoms with Crippen molar-refractivity contribution in [3.05, 3.63) is 53.1 Å². The van der Waals surface area contributed by atoms with Crippen LogP contribution >= 0.6 is 0 Å². The van der Waals surface area contributed by atoms with Crippen LogP contribution in [0.5, 0.6) is 5.75 Å². The topological polar surface area (TPSA) is 66.8 Å². The SMILES string of the molecule is Cc1cc(-c2cc(C(F)(F)F)ccc2O[C@@H](C)C(=O)O)ccc1C(=O)N1CCCC1. The molecule has 0 aromatic heterocycles. The van der Waals surface area contributed by atoms with Crippen molar-refractivity contribution in [3.8, 4) is 16.9 Å². The highest BCUT2D eigenvalue weighted by atomic mass is 19.4. The third-order valence-corrected chi connectivity index (χ3v) is 5.12. The number of alkyl halides is 3. The van der Waals surface area contributed by atoms with Gasteiger partial charge in [-0.15, -0.1) is 0 Å². The number of carbonyl (C=O) groups is 2. The van der Waals surface area contributed by atoms with Crippen LogP contribution in [0.1, 0.15) is 41.3 Å². The predicted molar refractivity (Wildman–Crippen MR) is 104 cm³/mol. The first-order chi connectivity index (χ1) is 14.1. The fraction of sp³-hybridized carbons (Fsp3) is 0.364. The fourth-order valence-electron chi connectivity index (χ4n) is 3.44. The van der Waals surface area contributed by atoms with Gasteiger partial charge in [-0.05, 0) is 62.1 Å². The van der Waals surface area contributed by atoms with Crippen molar-refractivity contribution in [2.45, 2.75) is 39.0 Å². The Kier molecular flexibility index (Phi) is 6.05. The van der Waals surface area contributed by atoms with Crippen LogP contribution in [-0.2, 0) is 11.0 Å². The number of aryl methyl sites for hydroxylation is 1. The van der Waals surface area contributed by atoms with Gasteiger partial charge in [-0.1, -0.05) is 12.1 Å². The number of carbonyl (C=O) groups excluding carboxylic acids is 1. The summed E-state index contributed by atoms with van der Waals surface area (Å²) in [5.41, 5.74) is 0.765. The zero-order valence-electron chi connectivity index (χ0n) is 16.6. The minimum atomic E-state index is -4.56. The van der Waals surface area contributed by atoms with E-state index in [0.717, 1.165) is 31.0 Å². The van der Waals surface area contributed by atoms with Crippen LogP contribution in [0.4, 0.5) is 13.2 Å². The second kappa shape index (κ2) is 8.38. The first kappa shape index (κ1) is 21.7. The lowest BCUT2D eigenvalue weighted by Crippen LogP contribution is -2.28. The van der Waals surface area contributed by atoms with Gasteiger partial charge in [-0.2, -0.15) is 13.2 Å². The van der Waals surface area contributed by atoms with E-state index >= 15 is 0 Å². The molecule has 0 radical (unpaired) electrons. The van der Waals surface area contributed by atoms with E-state index in [1.54, 1.807) is 30.0 Å². The van der Waals surface area contributed by atoms with E-state index in [0.29, 0.717) is 29.8 Å². The van der Waals surface area contributed by atoms with E-state index in [4.69, 9.17) is 9.84 Å². The van der Waals surface area contributed by atoms with Crippen molar-refractivity contribution in [3.63, 3.8) is 0 Å². The molecule has 160 valence electrons. The van der Waals surface area contributed by atoms with Crippen molar-refractivity contribution < 1.29 is 32.6 Å². The molecule has 1 fully saturated rings. The smallest absolute Gasteiger partial charge is 0.416 e. The zero-order chi connectivity index (χ0) is 22.1. The summed E-state index contributed by atoms with van der Waals surface area (Å²) < 4.78 is 45.1. The average molecular weight is 421 g/mol. The monoisotopic (exact) mass is 421 g/mol. The van der Waals surface area contributed by atoms with E-state index < -0.39 is 23.8 Å². The van der Waals surface area contributed by atoms with Gasteiger partial charge in [0.25, 0.3) is 5.91 Å². The molecule has 0 aliphatic carbocycles. The number of aliphatic carboxylic acids is 1. The number of amides is 1. The number of carboxylic acid groups (broad SMARTS) is 1. The van der Waals surface area contributed by atoms with Crippen LogP contribution in [0, 0.1) is 6.92 Å². The molecule has 1 aliphatic heterocycles. The summed E-state index contributed by atoms with van der Waals surface area (Å²) in [6, 6.07) is 7.68. The lowest BCUT2D eigenvalue weighted by molar-refractivity contribution is -0.144. The number of rotatable bonds is 5. The highest BCUT2D eigenvalue weighted by Crippen LogP contribution is 2.38. The van der Waals surface area contributed by atoms with Gasteiger partial charge in [-0.25, -0.2) is 4.79 Å². The molecule has 0 unspecified atom stereocenters. The molecule has 2 aromatic carbocycles. The Hall–Kier alpha value is -3.03. The molecule has 1 heterocycles. The van der Waals surface area contributed by atoms with Gasteiger partial charge in [0, 0.05) is 24.2 Å². The highest BCUT2D eigenvalue weighted by Gasteiger charge is 2.32. The lowest BCUT2D eigenvalue weighted by Gasteiger charge is -2.19. The van der Waals surface area contributed by atoms with Gasteiger partial charge in [0.1, 0.15) is 5.75 Å². The Morgan fingerprint density at radius 3 is 2.33 bits per heavy atom.